The van der Waals surface area contributed by atoms with E-state index in [4.69, 9.17) is 0 Å². The van der Waals surface area contributed by atoms with Gasteiger partial charge in [0.05, 0.1) is 0 Å². The van der Waals surface area contributed by atoms with Crippen LogP contribution in [0.3, 0.4) is 0 Å². The number of rotatable bonds is 3. The lowest BCUT2D eigenvalue weighted by Gasteiger charge is -1.92. The summed E-state index contributed by atoms with van der Waals surface area (Å²) in [4.78, 5) is 31.3. The van der Waals surface area contributed by atoms with Crippen molar-refractivity contribution in [3.05, 3.63) is 35.9 Å². The van der Waals surface area contributed by atoms with E-state index in [0.717, 1.165) is 6.29 Å². The van der Waals surface area contributed by atoms with Gasteiger partial charge in [0.1, 0.15) is 0 Å². The minimum absolute atomic E-state index is 0.214. The van der Waals surface area contributed by atoms with E-state index >= 15 is 0 Å². The summed E-state index contributed by atoms with van der Waals surface area (Å²) in [5.74, 6) is -1.95. The molecule has 0 saturated heterocycles. The Hall–Kier alpha value is -1.77. The van der Waals surface area contributed by atoms with E-state index in [1.807, 2.05) is 0 Å². The monoisotopic (exact) mass is 161 g/mol. The molecular formula is C9H5O3. The molecule has 0 unspecified atom stereocenters. The molecule has 0 heterocycles. The molecule has 0 fully saturated rings. The number of carbonyl (C=O) groups is 2. The van der Waals surface area contributed by atoms with E-state index in [1.54, 1.807) is 18.2 Å². The first-order valence-electron chi connectivity index (χ1n) is 3.27. The van der Waals surface area contributed by atoms with Crippen LogP contribution in [0.4, 0.5) is 0 Å². The van der Waals surface area contributed by atoms with Crippen LogP contribution in [0.2, 0.25) is 0 Å². The van der Waals surface area contributed by atoms with Gasteiger partial charge in [0, 0.05) is 5.56 Å². The van der Waals surface area contributed by atoms with Crippen LogP contribution < -0.4 is 0 Å². The highest BCUT2D eigenvalue weighted by Crippen LogP contribution is 1.99. The number of Topliss-reactive ketones (excluding diaryl/α,β-unsaturated/α-hetero) is 2. The molecular weight excluding hydrogens is 156 g/mol. The maximum Gasteiger partial charge on any atom is 0.281 e. The van der Waals surface area contributed by atoms with Crippen LogP contribution in [0.5, 0.6) is 0 Å². The quantitative estimate of drug-likeness (QED) is 0.369. The summed E-state index contributed by atoms with van der Waals surface area (Å²) in [6.07, 6.45) is 1.02. The lowest BCUT2D eigenvalue weighted by atomic mass is 10.1. The number of hydrogen-bond acceptors (Lipinski definition) is 3. The van der Waals surface area contributed by atoms with Crippen LogP contribution in [-0.2, 0) is 9.59 Å². The van der Waals surface area contributed by atoms with E-state index in [0.29, 0.717) is 0 Å². The summed E-state index contributed by atoms with van der Waals surface area (Å²) >= 11 is 0. The molecule has 1 rings (SSSR count). The van der Waals surface area contributed by atoms with Crippen molar-refractivity contribution in [2.45, 2.75) is 0 Å². The molecule has 12 heavy (non-hydrogen) atoms. The van der Waals surface area contributed by atoms with Gasteiger partial charge in [0.25, 0.3) is 12.1 Å². The smallest absolute Gasteiger partial charge is 0.281 e. The predicted octanol–water partition coefficient (Wildman–Crippen LogP) is 0.548. The first kappa shape index (κ1) is 8.33. The van der Waals surface area contributed by atoms with Crippen LogP contribution in [-0.4, -0.2) is 17.9 Å². The summed E-state index contributed by atoms with van der Waals surface area (Å²) in [5, 5.41) is 0. The standard InChI is InChI=1S/C9H5O3/c10-6-8(11)9(12)7-4-2-1-3-5-7/h1-5H. The van der Waals surface area contributed by atoms with Gasteiger partial charge in [-0.25, -0.2) is 0 Å². The Balaban J connectivity index is 2.93. The Morgan fingerprint density at radius 2 is 1.67 bits per heavy atom. The Morgan fingerprint density at radius 3 is 2.17 bits per heavy atom. The van der Waals surface area contributed by atoms with E-state index in [1.165, 1.54) is 12.1 Å². The van der Waals surface area contributed by atoms with Crippen molar-refractivity contribution in [1.82, 2.24) is 0 Å². The minimum atomic E-state index is -1.14. The van der Waals surface area contributed by atoms with E-state index in [-0.39, 0.29) is 5.56 Å². The van der Waals surface area contributed by atoms with Gasteiger partial charge in [0.15, 0.2) is 0 Å². The third-order valence-corrected chi connectivity index (χ3v) is 1.33. The van der Waals surface area contributed by atoms with Gasteiger partial charge in [-0.3, -0.25) is 14.4 Å². The van der Waals surface area contributed by atoms with Crippen molar-refractivity contribution in [2.24, 2.45) is 0 Å². The average molecular weight is 161 g/mol. The molecule has 0 spiro atoms. The fraction of sp³-hybridized carbons (Fsp3) is 0. The number of carbonyl (C=O) groups excluding carboxylic acids is 3. The van der Waals surface area contributed by atoms with E-state index in [9.17, 15) is 14.4 Å². The lowest BCUT2D eigenvalue weighted by Crippen LogP contribution is -2.14. The van der Waals surface area contributed by atoms with Crippen LogP contribution in [0, 0.1) is 0 Å². The molecule has 1 radical (unpaired) electrons. The summed E-state index contributed by atoms with van der Waals surface area (Å²) in [5.41, 5.74) is 0.214. The first-order valence-corrected chi connectivity index (χ1v) is 3.27. The zero-order valence-corrected chi connectivity index (χ0v) is 6.11. The molecule has 0 saturated carbocycles. The van der Waals surface area contributed by atoms with Crippen LogP contribution >= 0.6 is 0 Å². The van der Waals surface area contributed by atoms with Gasteiger partial charge >= 0.3 is 0 Å². The molecule has 1 aromatic rings. The Labute approximate surface area is 69.0 Å². The second kappa shape index (κ2) is 3.57. The normalized spacial score (nSPS) is 9.00. The zero-order valence-electron chi connectivity index (χ0n) is 6.11. The van der Waals surface area contributed by atoms with Crippen molar-refractivity contribution in [3.63, 3.8) is 0 Å². The molecule has 0 aromatic heterocycles. The highest BCUT2D eigenvalue weighted by molar-refractivity contribution is 6.61. The molecule has 0 aliphatic rings. The number of benzene rings is 1. The summed E-state index contributed by atoms with van der Waals surface area (Å²) in [6.45, 7) is 0. The molecule has 0 aliphatic carbocycles. The third kappa shape index (κ3) is 1.63. The molecule has 1 aromatic carbocycles. The molecule has 0 amide bonds. The fourth-order valence-corrected chi connectivity index (χ4v) is 0.767. The SMILES string of the molecule is O=[C]C(=O)C(=O)c1ccccc1. The third-order valence-electron chi connectivity index (χ3n) is 1.33. The number of hydrogen-bond donors (Lipinski definition) is 0. The van der Waals surface area contributed by atoms with E-state index in [2.05, 4.69) is 0 Å². The van der Waals surface area contributed by atoms with E-state index < -0.39 is 11.6 Å². The highest BCUT2D eigenvalue weighted by atomic mass is 16.2. The van der Waals surface area contributed by atoms with Crippen molar-refractivity contribution >= 4 is 17.9 Å². The molecule has 0 N–H and O–H groups in total. The second-order valence-electron chi connectivity index (χ2n) is 2.13. The van der Waals surface area contributed by atoms with Crippen molar-refractivity contribution < 1.29 is 14.4 Å². The molecule has 0 bridgehead atoms. The Bertz CT molecular complexity index is 314. The van der Waals surface area contributed by atoms with Crippen molar-refractivity contribution in [1.29, 1.82) is 0 Å². The van der Waals surface area contributed by atoms with Crippen molar-refractivity contribution in [2.75, 3.05) is 0 Å². The van der Waals surface area contributed by atoms with Crippen LogP contribution in [0.1, 0.15) is 10.4 Å². The fourth-order valence-electron chi connectivity index (χ4n) is 0.767. The van der Waals surface area contributed by atoms with Gasteiger partial charge < -0.3 is 0 Å². The zero-order chi connectivity index (χ0) is 8.97. The highest BCUT2D eigenvalue weighted by Gasteiger charge is 2.14. The topological polar surface area (TPSA) is 51.2 Å². The largest absolute Gasteiger partial charge is 0.285 e. The summed E-state index contributed by atoms with van der Waals surface area (Å²) in [6, 6.07) is 7.89. The maximum absolute atomic E-state index is 11.0. The van der Waals surface area contributed by atoms with Crippen LogP contribution in [0.25, 0.3) is 0 Å². The van der Waals surface area contributed by atoms with Gasteiger partial charge in [-0.05, 0) is 0 Å². The average Bonchev–Trinajstić information content (AvgIpc) is 2.17. The Kier molecular flexibility index (Phi) is 2.48. The minimum Gasteiger partial charge on any atom is -0.285 e. The molecule has 59 valence electrons. The predicted molar refractivity (Wildman–Crippen MR) is 41.5 cm³/mol. The van der Waals surface area contributed by atoms with Gasteiger partial charge in [0.2, 0.25) is 5.78 Å². The first-order chi connectivity index (χ1) is 5.75. The van der Waals surface area contributed by atoms with Crippen LogP contribution in [0.15, 0.2) is 30.3 Å². The van der Waals surface area contributed by atoms with Gasteiger partial charge in [-0.1, -0.05) is 30.3 Å². The molecule has 0 aliphatic heterocycles. The lowest BCUT2D eigenvalue weighted by molar-refractivity contribution is -0.109. The molecule has 3 nitrogen and oxygen atoms in total. The molecule has 0 atom stereocenters. The maximum atomic E-state index is 11.0. The van der Waals surface area contributed by atoms with Gasteiger partial charge in [-0.2, -0.15) is 0 Å². The summed E-state index contributed by atoms with van der Waals surface area (Å²) < 4.78 is 0. The number of ketones is 2. The Morgan fingerprint density at radius 1 is 1.08 bits per heavy atom. The van der Waals surface area contributed by atoms with Crippen molar-refractivity contribution in [3.8, 4) is 0 Å². The van der Waals surface area contributed by atoms with Gasteiger partial charge in [-0.15, -0.1) is 0 Å². The summed E-state index contributed by atoms with van der Waals surface area (Å²) in [7, 11) is 0. The second-order valence-corrected chi connectivity index (χ2v) is 2.13. The molecule has 3 heteroatoms.